The van der Waals surface area contributed by atoms with Gasteiger partial charge >= 0.3 is 0 Å². The Morgan fingerprint density at radius 2 is 1.67 bits per heavy atom. The molecule has 2 nitrogen and oxygen atoms in total. The normalized spacial score (nSPS) is 25.0. The number of nitrogens with zero attached hydrogens (tertiary/aromatic N) is 1. The van der Waals surface area contributed by atoms with Crippen LogP contribution in [0.5, 0.6) is 0 Å². The zero-order valence-corrected chi connectivity index (χ0v) is 14.0. The van der Waals surface area contributed by atoms with Crippen LogP contribution in [-0.4, -0.2) is 29.6 Å². The molecular formula is C19H31NO. The third kappa shape index (κ3) is 4.55. The van der Waals surface area contributed by atoms with E-state index in [2.05, 4.69) is 32.7 Å². The number of aliphatic hydroxyl groups is 1. The van der Waals surface area contributed by atoms with Gasteiger partial charge in [-0.05, 0) is 49.6 Å². The molecule has 1 aliphatic carbocycles. The SMILES string of the molecule is CN(CC(O)c1ccccc1)C1CCC(C(C)(C)C)CC1. The Bertz CT molecular complexity index is 415. The van der Waals surface area contributed by atoms with Gasteiger partial charge in [0.2, 0.25) is 0 Å². The van der Waals surface area contributed by atoms with E-state index in [0.29, 0.717) is 11.5 Å². The van der Waals surface area contributed by atoms with Gasteiger partial charge in [0.1, 0.15) is 0 Å². The highest BCUT2D eigenvalue weighted by atomic mass is 16.3. The lowest BCUT2D eigenvalue weighted by molar-refractivity contribution is 0.0682. The minimum Gasteiger partial charge on any atom is -0.387 e. The topological polar surface area (TPSA) is 23.5 Å². The second kappa shape index (κ2) is 6.93. The van der Waals surface area contributed by atoms with Gasteiger partial charge in [0.05, 0.1) is 6.10 Å². The lowest BCUT2D eigenvalue weighted by Crippen LogP contribution is -2.39. The maximum atomic E-state index is 10.4. The molecule has 1 atom stereocenters. The van der Waals surface area contributed by atoms with Crippen LogP contribution in [-0.2, 0) is 0 Å². The Balaban J connectivity index is 1.84. The molecule has 2 rings (SSSR count). The van der Waals surface area contributed by atoms with Gasteiger partial charge in [-0.2, -0.15) is 0 Å². The largest absolute Gasteiger partial charge is 0.387 e. The fourth-order valence-corrected chi connectivity index (χ4v) is 3.59. The quantitative estimate of drug-likeness (QED) is 0.895. The van der Waals surface area contributed by atoms with Crippen LogP contribution in [0.15, 0.2) is 30.3 Å². The number of rotatable bonds is 4. The zero-order valence-electron chi connectivity index (χ0n) is 14.0. The van der Waals surface area contributed by atoms with E-state index in [1.165, 1.54) is 25.7 Å². The molecule has 1 fully saturated rings. The molecule has 0 saturated heterocycles. The molecule has 118 valence electrons. The molecule has 0 amide bonds. The molecule has 1 aromatic carbocycles. The van der Waals surface area contributed by atoms with Gasteiger partial charge in [0.15, 0.2) is 0 Å². The van der Waals surface area contributed by atoms with Crippen molar-refractivity contribution in [1.82, 2.24) is 4.90 Å². The zero-order chi connectivity index (χ0) is 15.5. The molecular weight excluding hydrogens is 258 g/mol. The molecule has 21 heavy (non-hydrogen) atoms. The van der Waals surface area contributed by atoms with E-state index in [-0.39, 0.29) is 6.10 Å². The van der Waals surface area contributed by atoms with Gasteiger partial charge in [-0.1, -0.05) is 51.1 Å². The lowest BCUT2D eigenvalue weighted by Gasteiger charge is -2.40. The highest BCUT2D eigenvalue weighted by Crippen LogP contribution is 2.38. The van der Waals surface area contributed by atoms with Crippen molar-refractivity contribution in [2.75, 3.05) is 13.6 Å². The van der Waals surface area contributed by atoms with E-state index in [1.807, 2.05) is 30.3 Å². The van der Waals surface area contributed by atoms with Gasteiger partial charge in [-0.15, -0.1) is 0 Å². The van der Waals surface area contributed by atoms with Crippen LogP contribution in [0.25, 0.3) is 0 Å². The van der Waals surface area contributed by atoms with Crippen molar-refractivity contribution in [2.45, 2.75) is 58.6 Å². The summed E-state index contributed by atoms with van der Waals surface area (Å²) in [6.07, 6.45) is 4.79. The van der Waals surface area contributed by atoms with Crippen molar-refractivity contribution >= 4 is 0 Å². The summed E-state index contributed by atoms with van der Waals surface area (Å²) in [5, 5.41) is 10.4. The standard InChI is InChI=1S/C19H31NO/c1-19(2,3)16-10-12-17(13-11-16)20(4)14-18(21)15-8-6-5-7-9-15/h5-9,16-18,21H,10-14H2,1-4H3. The second-order valence-electron chi connectivity index (χ2n) is 7.74. The number of hydrogen-bond acceptors (Lipinski definition) is 2. The van der Waals surface area contributed by atoms with Crippen LogP contribution >= 0.6 is 0 Å². The molecule has 0 aromatic heterocycles. The molecule has 1 aromatic rings. The van der Waals surface area contributed by atoms with Crippen molar-refractivity contribution in [3.63, 3.8) is 0 Å². The maximum Gasteiger partial charge on any atom is 0.0916 e. The van der Waals surface area contributed by atoms with Crippen LogP contribution in [0, 0.1) is 11.3 Å². The third-order valence-corrected chi connectivity index (χ3v) is 5.19. The number of benzene rings is 1. The summed E-state index contributed by atoms with van der Waals surface area (Å²) in [5.74, 6) is 0.848. The summed E-state index contributed by atoms with van der Waals surface area (Å²) < 4.78 is 0. The van der Waals surface area contributed by atoms with E-state index < -0.39 is 0 Å². The minimum atomic E-state index is -0.378. The predicted molar refractivity (Wildman–Crippen MR) is 89.2 cm³/mol. The van der Waals surface area contributed by atoms with Gasteiger partial charge in [0, 0.05) is 12.6 Å². The smallest absolute Gasteiger partial charge is 0.0916 e. The molecule has 0 spiro atoms. The van der Waals surface area contributed by atoms with E-state index in [1.54, 1.807) is 0 Å². The third-order valence-electron chi connectivity index (χ3n) is 5.19. The number of aliphatic hydroxyl groups excluding tert-OH is 1. The molecule has 2 heteroatoms. The first-order valence-corrected chi connectivity index (χ1v) is 8.31. The summed E-state index contributed by atoms with van der Waals surface area (Å²) in [4.78, 5) is 2.36. The van der Waals surface area contributed by atoms with Crippen LogP contribution < -0.4 is 0 Å². The molecule has 0 aliphatic heterocycles. The van der Waals surface area contributed by atoms with E-state index in [9.17, 15) is 5.11 Å². The fourth-order valence-electron chi connectivity index (χ4n) is 3.59. The van der Waals surface area contributed by atoms with Gasteiger partial charge in [-0.25, -0.2) is 0 Å². The molecule has 0 bridgehead atoms. The van der Waals surface area contributed by atoms with Crippen molar-refractivity contribution in [1.29, 1.82) is 0 Å². The summed E-state index contributed by atoms with van der Waals surface area (Å²) >= 11 is 0. The first-order chi connectivity index (χ1) is 9.88. The van der Waals surface area contributed by atoms with Gasteiger partial charge in [-0.3, -0.25) is 0 Å². The summed E-state index contributed by atoms with van der Waals surface area (Å²) in [6.45, 7) is 7.82. The average Bonchev–Trinajstić information content (AvgIpc) is 2.47. The summed E-state index contributed by atoms with van der Waals surface area (Å²) in [6, 6.07) is 10.6. The first-order valence-electron chi connectivity index (χ1n) is 8.31. The first kappa shape index (κ1) is 16.5. The van der Waals surface area contributed by atoms with Crippen molar-refractivity contribution in [3.05, 3.63) is 35.9 Å². The summed E-state index contributed by atoms with van der Waals surface area (Å²) in [5.41, 5.74) is 1.46. The Kier molecular flexibility index (Phi) is 5.45. The van der Waals surface area contributed by atoms with Crippen molar-refractivity contribution < 1.29 is 5.11 Å². The van der Waals surface area contributed by atoms with Gasteiger partial charge < -0.3 is 10.0 Å². The van der Waals surface area contributed by atoms with E-state index in [4.69, 9.17) is 0 Å². The monoisotopic (exact) mass is 289 g/mol. The van der Waals surface area contributed by atoms with Crippen LogP contribution in [0.1, 0.15) is 58.1 Å². The maximum absolute atomic E-state index is 10.4. The predicted octanol–water partition coefficient (Wildman–Crippen LogP) is 4.26. The Morgan fingerprint density at radius 3 is 2.19 bits per heavy atom. The minimum absolute atomic E-state index is 0.378. The van der Waals surface area contributed by atoms with E-state index >= 15 is 0 Å². The molecule has 0 radical (unpaired) electrons. The highest BCUT2D eigenvalue weighted by molar-refractivity contribution is 5.17. The summed E-state index contributed by atoms with van der Waals surface area (Å²) in [7, 11) is 2.16. The van der Waals surface area contributed by atoms with Gasteiger partial charge in [0.25, 0.3) is 0 Å². The Hall–Kier alpha value is -0.860. The molecule has 1 aliphatic rings. The molecule has 1 unspecified atom stereocenters. The van der Waals surface area contributed by atoms with Crippen LogP contribution in [0.2, 0.25) is 0 Å². The molecule has 1 N–H and O–H groups in total. The van der Waals surface area contributed by atoms with Crippen molar-refractivity contribution in [2.24, 2.45) is 11.3 Å². The number of hydrogen-bond donors (Lipinski definition) is 1. The molecule has 1 saturated carbocycles. The Morgan fingerprint density at radius 1 is 1.10 bits per heavy atom. The van der Waals surface area contributed by atoms with Crippen LogP contribution in [0.4, 0.5) is 0 Å². The molecule has 0 heterocycles. The Labute approximate surface area is 130 Å². The number of likely N-dealkylation sites (N-methyl/N-ethyl adjacent to an activating group) is 1. The van der Waals surface area contributed by atoms with E-state index in [0.717, 1.165) is 18.0 Å². The fraction of sp³-hybridized carbons (Fsp3) is 0.684. The van der Waals surface area contributed by atoms with Crippen molar-refractivity contribution in [3.8, 4) is 0 Å². The highest BCUT2D eigenvalue weighted by Gasteiger charge is 2.31. The average molecular weight is 289 g/mol. The lowest BCUT2D eigenvalue weighted by atomic mass is 9.71. The second-order valence-corrected chi connectivity index (χ2v) is 7.74. The van der Waals surface area contributed by atoms with Crippen LogP contribution in [0.3, 0.4) is 0 Å².